The van der Waals surface area contributed by atoms with E-state index < -0.39 is 28.5 Å². The molecule has 2 amide bonds. The van der Waals surface area contributed by atoms with E-state index in [2.05, 4.69) is 21.2 Å². The molecule has 0 saturated carbocycles. The number of carbonyl (C=O) groups excluding carboxylic acids is 2. The number of amides is 2. The van der Waals surface area contributed by atoms with Crippen molar-refractivity contribution in [3.63, 3.8) is 0 Å². The average molecular weight is 669 g/mol. The van der Waals surface area contributed by atoms with Crippen LogP contribution >= 0.6 is 39.1 Å². The standard InChI is InChI=1S/C29H32BrCl2N3O4S/c1-20(2)17-33-29(37)27(14-21-8-5-4-6-9-21)34(18-22-12-13-24(31)16-26(22)32)28(36)19-35(40(3,38)39)25-11-7-10-23(30)15-25/h4-13,15-16,20,27H,14,17-19H2,1-3H3,(H,33,37). The molecule has 1 N–H and O–H groups in total. The molecule has 3 aromatic carbocycles. The highest BCUT2D eigenvalue weighted by Gasteiger charge is 2.33. The third-order valence-electron chi connectivity index (χ3n) is 6.09. The van der Waals surface area contributed by atoms with Gasteiger partial charge in [0.2, 0.25) is 21.8 Å². The zero-order chi connectivity index (χ0) is 29.4. The summed E-state index contributed by atoms with van der Waals surface area (Å²) in [5.74, 6) is -0.713. The molecule has 0 bridgehead atoms. The molecule has 40 heavy (non-hydrogen) atoms. The fourth-order valence-corrected chi connectivity index (χ4v) is 5.75. The second-order valence-corrected chi connectivity index (χ2v) is 13.5. The molecule has 0 saturated heterocycles. The van der Waals surface area contributed by atoms with Crippen LogP contribution in [0.1, 0.15) is 25.0 Å². The minimum Gasteiger partial charge on any atom is -0.354 e. The number of rotatable bonds is 12. The van der Waals surface area contributed by atoms with Crippen LogP contribution in [-0.4, -0.2) is 50.5 Å². The lowest BCUT2D eigenvalue weighted by molar-refractivity contribution is -0.140. The first-order valence-corrected chi connectivity index (χ1v) is 16.0. The Hall–Kier alpha value is -2.59. The molecular weight excluding hydrogens is 637 g/mol. The second-order valence-electron chi connectivity index (χ2n) is 9.85. The number of nitrogens with zero attached hydrogens (tertiary/aromatic N) is 2. The Bertz CT molecular complexity index is 1440. The maximum Gasteiger partial charge on any atom is 0.244 e. The summed E-state index contributed by atoms with van der Waals surface area (Å²) in [5, 5.41) is 3.71. The number of sulfonamides is 1. The summed E-state index contributed by atoms with van der Waals surface area (Å²) in [7, 11) is -3.86. The molecule has 0 spiro atoms. The van der Waals surface area contributed by atoms with Crippen LogP contribution in [-0.2, 0) is 32.6 Å². The Morgan fingerprint density at radius 2 is 1.68 bits per heavy atom. The van der Waals surface area contributed by atoms with Crippen molar-refractivity contribution in [1.29, 1.82) is 0 Å². The molecule has 0 heterocycles. The molecule has 1 atom stereocenters. The summed E-state index contributed by atoms with van der Waals surface area (Å²) < 4.78 is 27.4. The van der Waals surface area contributed by atoms with Crippen molar-refractivity contribution in [2.45, 2.75) is 32.9 Å². The van der Waals surface area contributed by atoms with Gasteiger partial charge in [-0.25, -0.2) is 8.42 Å². The molecule has 3 rings (SSSR count). The predicted molar refractivity (Wildman–Crippen MR) is 165 cm³/mol. The highest BCUT2D eigenvalue weighted by atomic mass is 79.9. The number of anilines is 1. The molecule has 0 aliphatic rings. The molecule has 11 heteroatoms. The Labute approximate surface area is 254 Å². The van der Waals surface area contributed by atoms with Gasteiger partial charge in [0, 0.05) is 34.0 Å². The average Bonchev–Trinajstić information content (AvgIpc) is 2.88. The largest absolute Gasteiger partial charge is 0.354 e. The molecule has 0 fully saturated rings. The van der Waals surface area contributed by atoms with Gasteiger partial charge in [-0.3, -0.25) is 13.9 Å². The number of hydrogen-bond donors (Lipinski definition) is 1. The van der Waals surface area contributed by atoms with E-state index in [4.69, 9.17) is 23.2 Å². The van der Waals surface area contributed by atoms with Crippen LogP contribution in [0.15, 0.2) is 77.3 Å². The maximum absolute atomic E-state index is 14.1. The van der Waals surface area contributed by atoms with Crippen molar-refractivity contribution in [3.05, 3.63) is 98.4 Å². The summed E-state index contributed by atoms with van der Waals surface area (Å²) in [6.45, 7) is 3.83. The van der Waals surface area contributed by atoms with Gasteiger partial charge in [0.1, 0.15) is 12.6 Å². The SMILES string of the molecule is CC(C)CNC(=O)C(Cc1ccccc1)N(Cc1ccc(Cl)cc1Cl)C(=O)CN(c1cccc(Br)c1)S(C)(=O)=O. The van der Waals surface area contributed by atoms with E-state index in [-0.39, 0.29) is 24.8 Å². The molecule has 0 radical (unpaired) electrons. The minimum atomic E-state index is -3.86. The molecule has 3 aromatic rings. The van der Waals surface area contributed by atoms with Gasteiger partial charge in [-0.05, 0) is 47.4 Å². The monoisotopic (exact) mass is 667 g/mol. The van der Waals surface area contributed by atoms with E-state index in [1.54, 1.807) is 42.5 Å². The first kappa shape index (κ1) is 31.9. The topological polar surface area (TPSA) is 86.8 Å². The lowest BCUT2D eigenvalue weighted by Crippen LogP contribution is -2.53. The molecular formula is C29H32BrCl2N3O4S. The fraction of sp³-hybridized carbons (Fsp3) is 0.310. The van der Waals surface area contributed by atoms with Crippen molar-refractivity contribution in [3.8, 4) is 0 Å². The van der Waals surface area contributed by atoms with Crippen LogP contribution in [0.5, 0.6) is 0 Å². The Kier molecular flexibility index (Phi) is 11.5. The highest BCUT2D eigenvalue weighted by Crippen LogP contribution is 2.26. The van der Waals surface area contributed by atoms with Gasteiger partial charge < -0.3 is 10.2 Å². The number of hydrogen-bond acceptors (Lipinski definition) is 4. The third kappa shape index (κ3) is 9.23. The summed E-state index contributed by atoms with van der Waals surface area (Å²) >= 11 is 15.9. The van der Waals surface area contributed by atoms with E-state index in [9.17, 15) is 18.0 Å². The summed E-state index contributed by atoms with van der Waals surface area (Å²) in [5.41, 5.74) is 1.74. The Morgan fingerprint density at radius 1 is 0.975 bits per heavy atom. The number of nitrogens with one attached hydrogen (secondary N) is 1. The smallest absolute Gasteiger partial charge is 0.244 e. The normalized spacial score (nSPS) is 12.2. The zero-order valence-corrected chi connectivity index (χ0v) is 26.4. The quantitative estimate of drug-likeness (QED) is 0.259. The van der Waals surface area contributed by atoms with Crippen LogP contribution in [0.3, 0.4) is 0 Å². The molecule has 0 aliphatic heterocycles. The van der Waals surface area contributed by atoms with Crippen LogP contribution in [0, 0.1) is 5.92 Å². The van der Waals surface area contributed by atoms with E-state index in [0.717, 1.165) is 16.1 Å². The van der Waals surface area contributed by atoms with E-state index in [1.807, 2.05) is 44.2 Å². The molecule has 1 unspecified atom stereocenters. The number of halogens is 3. The fourth-order valence-electron chi connectivity index (χ4n) is 4.05. The van der Waals surface area contributed by atoms with Crippen molar-refractivity contribution >= 4 is 66.7 Å². The van der Waals surface area contributed by atoms with Crippen LogP contribution in [0.25, 0.3) is 0 Å². The highest BCUT2D eigenvalue weighted by molar-refractivity contribution is 9.10. The van der Waals surface area contributed by atoms with Gasteiger partial charge in [0.25, 0.3) is 0 Å². The van der Waals surface area contributed by atoms with E-state index in [1.165, 1.54) is 4.90 Å². The summed E-state index contributed by atoms with van der Waals surface area (Å²) in [4.78, 5) is 29.1. The lowest BCUT2D eigenvalue weighted by Gasteiger charge is -2.34. The van der Waals surface area contributed by atoms with Crippen molar-refractivity contribution in [2.24, 2.45) is 5.92 Å². The Morgan fingerprint density at radius 3 is 2.27 bits per heavy atom. The third-order valence-corrected chi connectivity index (χ3v) is 8.31. The predicted octanol–water partition coefficient (Wildman–Crippen LogP) is 5.93. The first-order valence-electron chi connectivity index (χ1n) is 12.6. The van der Waals surface area contributed by atoms with Gasteiger partial charge in [0.05, 0.1) is 11.9 Å². The van der Waals surface area contributed by atoms with Crippen molar-refractivity contribution < 1.29 is 18.0 Å². The number of benzene rings is 3. The summed E-state index contributed by atoms with van der Waals surface area (Å²) in [6.07, 6.45) is 1.26. The van der Waals surface area contributed by atoms with Gasteiger partial charge in [0.15, 0.2) is 0 Å². The molecule has 0 aromatic heterocycles. The van der Waals surface area contributed by atoms with Gasteiger partial charge in [-0.15, -0.1) is 0 Å². The van der Waals surface area contributed by atoms with Gasteiger partial charge in [-0.2, -0.15) is 0 Å². The van der Waals surface area contributed by atoms with Crippen molar-refractivity contribution in [2.75, 3.05) is 23.7 Å². The second kappa shape index (κ2) is 14.3. The van der Waals surface area contributed by atoms with Crippen LogP contribution < -0.4 is 9.62 Å². The van der Waals surface area contributed by atoms with E-state index in [0.29, 0.717) is 32.3 Å². The maximum atomic E-state index is 14.1. The van der Waals surface area contributed by atoms with E-state index >= 15 is 0 Å². The first-order chi connectivity index (χ1) is 18.8. The lowest BCUT2D eigenvalue weighted by atomic mass is 10.0. The van der Waals surface area contributed by atoms with Crippen LogP contribution in [0.4, 0.5) is 5.69 Å². The summed E-state index contributed by atoms with van der Waals surface area (Å²) in [6, 6.07) is 20.0. The van der Waals surface area contributed by atoms with Crippen LogP contribution in [0.2, 0.25) is 10.0 Å². The minimum absolute atomic E-state index is 0.0302. The zero-order valence-electron chi connectivity index (χ0n) is 22.5. The molecule has 7 nitrogen and oxygen atoms in total. The van der Waals surface area contributed by atoms with Gasteiger partial charge in [-0.1, -0.05) is 95.4 Å². The van der Waals surface area contributed by atoms with Crippen molar-refractivity contribution in [1.82, 2.24) is 10.2 Å². The Balaban J connectivity index is 2.07. The molecule has 214 valence electrons. The molecule has 0 aliphatic carbocycles. The van der Waals surface area contributed by atoms with Gasteiger partial charge >= 0.3 is 0 Å². The number of carbonyl (C=O) groups is 2.